The Balaban J connectivity index is 3.00. The number of carbonyl (C=O) groups excluding carboxylic acids is 1. The molecule has 0 bridgehead atoms. The van der Waals surface area contributed by atoms with Crippen molar-refractivity contribution in [3.63, 3.8) is 0 Å². The van der Waals surface area contributed by atoms with Crippen LogP contribution in [0.5, 0.6) is 0 Å². The van der Waals surface area contributed by atoms with E-state index < -0.39 is 30.1 Å². The van der Waals surface area contributed by atoms with Crippen molar-refractivity contribution in [3.05, 3.63) is 17.0 Å². The molecular formula is C9H11F3N2O3. The average molecular weight is 252 g/mol. The molecule has 0 aliphatic heterocycles. The summed E-state index contributed by atoms with van der Waals surface area (Å²) in [5.41, 5.74) is -1.68. The first-order valence-electron chi connectivity index (χ1n) is 4.73. The van der Waals surface area contributed by atoms with Crippen molar-refractivity contribution in [3.8, 4) is 0 Å². The summed E-state index contributed by atoms with van der Waals surface area (Å²) >= 11 is 0. The highest BCUT2D eigenvalue weighted by molar-refractivity contribution is 5.37. The maximum absolute atomic E-state index is 12.7. The third kappa shape index (κ3) is 3.19. The van der Waals surface area contributed by atoms with Crippen LogP contribution in [0.15, 0.2) is 0 Å². The smallest absolute Gasteiger partial charge is 0.420 e. The van der Waals surface area contributed by atoms with Crippen LogP contribution in [0.1, 0.15) is 23.9 Å². The molecule has 1 aromatic rings. The number of hydrogen-bond donors (Lipinski definition) is 2. The second-order valence-corrected chi connectivity index (χ2v) is 3.43. The summed E-state index contributed by atoms with van der Waals surface area (Å²) in [5, 5.41) is 14.3. The third-order valence-electron chi connectivity index (χ3n) is 2.13. The standard InChI is InChI=1S/C9H11F3N2O3/c1-5(17-4-16)2-6-8(9(10,11)12)7(3-15)14-13-6/h4-5,15H,2-3H2,1H3,(H,13,14). The molecule has 1 rings (SSSR count). The van der Waals surface area contributed by atoms with Crippen LogP contribution in [0.3, 0.4) is 0 Å². The number of ether oxygens (including phenoxy) is 1. The van der Waals surface area contributed by atoms with Gasteiger partial charge in [0.05, 0.1) is 12.3 Å². The van der Waals surface area contributed by atoms with E-state index >= 15 is 0 Å². The molecule has 2 N–H and O–H groups in total. The molecule has 0 spiro atoms. The summed E-state index contributed by atoms with van der Waals surface area (Å²) in [4.78, 5) is 10.0. The highest BCUT2D eigenvalue weighted by atomic mass is 19.4. The Kier molecular flexibility index (Phi) is 4.11. The molecule has 1 heterocycles. The van der Waals surface area contributed by atoms with E-state index in [-0.39, 0.29) is 18.6 Å². The molecule has 0 amide bonds. The minimum absolute atomic E-state index is 0.152. The highest BCUT2D eigenvalue weighted by Crippen LogP contribution is 2.34. The van der Waals surface area contributed by atoms with Crippen molar-refractivity contribution in [2.45, 2.75) is 32.2 Å². The van der Waals surface area contributed by atoms with E-state index in [2.05, 4.69) is 14.9 Å². The third-order valence-corrected chi connectivity index (χ3v) is 2.13. The number of hydrogen-bond acceptors (Lipinski definition) is 4. The zero-order valence-electron chi connectivity index (χ0n) is 8.91. The maximum Gasteiger partial charge on any atom is 0.420 e. The van der Waals surface area contributed by atoms with E-state index in [1.165, 1.54) is 6.92 Å². The number of nitrogens with one attached hydrogen (secondary N) is 1. The molecule has 8 heteroatoms. The molecule has 0 saturated carbocycles. The van der Waals surface area contributed by atoms with E-state index in [1.54, 1.807) is 0 Å². The van der Waals surface area contributed by atoms with Gasteiger partial charge in [-0.1, -0.05) is 0 Å². The molecule has 0 saturated heterocycles. The van der Waals surface area contributed by atoms with Gasteiger partial charge in [-0.05, 0) is 6.92 Å². The van der Waals surface area contributed by atoms with Gasteiger partial charge in [0.15, 0.2) is 0 Å². The summed E-state index contributed by atoms with van der Waals surface area (Å²) in [6.07, 6.45) is -5.47. The molecular weight excluding hydrogens is 241 g/mol. The van der Waals surface area contributed by atoms with E-state index in [0.717, 1.165) is 0 Å². The molecule has 0 aliphatic rings. The maximum atomic E-state index is 12.7. The Morgan fingerprint density at radius 2 is 2.24 bits per heavy atom. The van der Waals surface area contributed by atoms with Gasteiger partial charge in [0.2, 0.25) is 0 Å². The van der Waals surface area contributed by atoms with E-state index in [1.807, 2.05) is 0 Å². The fraction of sp³-hybridized carbons (Fsp3) is 0.556. The monoisotopic (exact) mass is 252 g/mol. The molecule has 0 aromatic carbocycles. The Morgan fingerprint density at radius 3 is 2.71 bits per heavy atom. The SMILES string of the molecule is CC(Cc1[nH]nc(CO)c1C(F)(F)F)OC=O. The van der Waals surface area contributed by atoms with Gasteiger partial charge >= 0.3 is 6.18 Å². The number of aliphatic hydroxyl groups is 1. The van der Waals surface area contributed by atoms with Crippen LogP contribution in [0.2, 0.25) is 0 Å². The van der Waals surface area contributed by atoms with Crippen LogP contribution in [0.4, 0.5) is 13.2 Å². The van der Waals surface area contributed by atoms with Crippen molar-refractivity contribution in [2.75, 3.05) is 0 Å². The van der Waals surface area contributed by atoms with Crippen LogP contribution in [0, 0.1) is 0 Å². The van der Waals surface area contributed by atoms with E-state index in [4.69, 9.17) is 5.11 Å². The predicted octanol–water partition coefficient (Wildman–Crippen LogP) is 1.02. The fourth-order valence-corrected chi connectivity index (χ4v) is 1.45. The Hall–Kier alpha value is -1.57. The van der Waals surface area contributed by atoms with Crippen molar-refractivity contribution in [1.29, 1.82) is 0 Å². The lowest BCUT2D eigenvalue weighted by Gasteiger charge is -2.12. The number of carbonyl (C=O) groups is 1. The highest BCUT2D eigenvalue weighted by Gasteiger charge is 2.38. The number of H-pyrrole nitrogens is 1. The van der Waals surface area contributed by atoms with E-state index in [9.17, 15) is 18.0 Å². The number of rotatable bonds is 5. The first-order valence-corrected chi connectivity index (χ1v) is 4.73. The first-order chi connectivity index (χ1) is 7.90. The largest absolute Gasteiger partial charge is 0.464 e. The van der Waals surface area contributed by atoms with Gasteiger partial charge in [-0.3, -0.25) is 9.89 Å². The Labute approximate surface area is 94.6 Å². The number of halogens is 3. The lowest BCUT2D eigenvalue weighted by molar-refractivity contribution is -0.139. The van der Waals surface area contributed by atoms with Crippen molar-refractivity contribution < 1.29 is 27.8 Å². The van der Waals surface area contributed by atoms with Crippen LogP contribution < -0.4 is 0 Å². The summed E-state index contributed by atoms with van der Waals surface area (Å²) in [6.45, 7) is 0.809. The number of aromatic nitrogens is 2. The van der Waals surface area contributed by atoms with Crippen LogP contribution >= 0.6 is 0 Å². The molecule has 0 aliphatic carbocycles. The van der Waals surface area contributed by atoms with Gasteiger partial charge in [-0.2, -0.15) is 18.3 Å². The summed E-state index contributed by atoms with van der Waals surface area (Å²) < 4.78 is 42.6. The van der Waals surface area contributed by atoms with Crippen molar-refractivity contribution in [2.24, 2.45) is 0 Å². The molecule has 0 fully saturated rings. The van der Waals surface area contributed by atoms with Crippen LogP contribution in [-0.4, -0.2) is 27.9 Å². The van der Waals surface area contributed by atoms with E-state index in [0.29, 0.717) is 0 Å². The van der Waals surface area contributed by atoms with Crippen molar-refractivity contribution in [1.82, 2.24) is 10.2 Å². The van der Waals surface area contributed by atoms with Gasteiger partial charge < -0.3 is 9.84 Å². The topological polar surface area (TPSA) is 75.2 Å². The molecule has 5 nitrogen and oxygen atoms in total. The summed E-state index contributed by atoms with van der Waals surface area (Å²) in [5.74, 6) is 0. The van der Waals surface area contributed by atoms with Gasteiger partial charge in [0.25, 0.3) is 6.47 Å². The zero-order valence-corrected chi connectivity index (χ0v) is 8.91. The van der Waals surface area contributed by atoms with Crippen LogP contribution in [0.25, 0.3) is 0 Å². The van der Waals surface area contributed by atoms with Crippen molar-refractivity contribution >= 4 is 6.47 Å². The predicted molar refractivity (Wildman–Crippen MR) is 49.8 cm³/mol. The zero-order chi connectivity index (χ0) is 13.1. The second-order valence-electron chi connectivity index (χ2n) is 3.43. The number of alkyl halides is 3. The van der Waals surface area contributed by atoms with Gasteiger partial charge in [0.1, 0.15) is 17.4 Å². The number of nitrogens with zero attached hydrogens (tertiary/aromatic N) is 1. The molecule has 0 radical (unpaired) electrons. The summed E-state index contributed by atoms with van der Waals surface area (Å²) in [6, 6.07) is 0. The minimum atomic E-state index is -4.61. The van der Waals surface area contributed by atoms with Crippen LogP contribution in [-0.2, 0) is 28.7 Å². The normalized spacial score (nSPS) is 13.5. The lowest BCUT2D eigenvalue weighted by atomic mass is 10.1. The molecule has 1 aromatic heterocycles. The molecule has 1 unspecified atom stereocenters. The minimum Gasteiger partial charge on any atom is -0.464 e. The molecule has 96 valence electrons. The summed E-state index contributed by atoms with van der Waals surface area (Å²) in [7, 11) is 0. The quantitative estimate of drug-likeness (QED) is 0.767. The van der Waals surface area contributed by atoms with Gasteiger partial charge in [-0.25, -0.2) is 0 Å². The average Bonchev–Trinajstić information content (AvgIpc) is 2.60. The fourth-order valence-electron chi connectivity index (χ4n) is 1.45. The first kappa shape index (κ1) is 13.5. The van der Waals surface area contributed by atoms with Gasteiger partial charge in [-0.15, -0.1) is 0 Å². The number of aromatic amines is 1. The number of aliphatic hydroxyl groups excluding tert-OH is 1. The molecule has 1 atom stereocenters. The lowest BCUT2D eigenvalue weighted by Crippen LogP contribution is -2.16. The second kappa shape index (κ2) is 5.17. The Morgan fingerprint density at radius 1 is 1.59 bits per heavy atom. The molecule has 17 heavy (non-hydrogen) atoms. The Bertz CT molecular complexity index is 389. The van der Waals surface area contributed by atoms with Gasteiger partial charge in [0, 0.05) is 6.42 Å².